The monoisotopic (exact) mass is 465 g/mol. The van der Waals surface area contributed by atoms with Crippen LogP contribution in [0.4, 0.5) is 5.95 Å². The number of carbonyl (C=O) groups excluding carboxylic acids is 1. The molecule has 1 N–H and O–H groups in total. The second-order valence-corrected chi connectivity index (χ2v) is 9.93. The highest BCUT2D eigenvalue weighted by Crippen LogP contribution is 2.19. The van der Waals surface area contributed by atoms with Crippen molar-refractivity contribution in [3.8, 4) is 11.1 Å². The topological polar surface area (TPSA) is 95.5 Å². The fourth-order valence-electron chi connectivity index (χ4n) is 3.76. The minimum absolute atomic E-state index is 0.0886. The largest absolute Gasteiger partial charge is 0.355 e. The number of nitrogens with zero attached hydrogens (tertiary/aromatic N) is 4. The van der Waals surface area contributed by atoms with Gasteiger partial charge in [-0.1, -0.05) is 54.6 Å². The molecule has 0 saturated carbocycles. The second kappa shape index (κ2) is 10.5. The molecule has 1 saturated heterocycles. The van der Waals surface area contributed by atoms with Crippen LogP contribution >= 0.6 is 0 Å². The van der Waals surface area contributed by atoms with Crippen LogP contribution in [0.15, 0.2) is 73.1 Å². The van der Waals surface area contributed by atoms with Crippen LogP contribution in [0.25, 0.3) is 11.1 Å². The van der Waals surface area contributed by atoms with Gasteiger partial charge >= 0.3 is 0 Å². The first-order valence-corrected chi connectivity index (χ1v) is 12.5. The average Bonchev–Trinajstić information content (AvgIpc) is 2.85. The van der Waals surface area contributed by atoms with Gasteiger partial charge in [0.2, 0.25) is 21.9 Å². The molecule has 3 aromatic rings. The Bertz CT molecular complexity index is 1150. The van der Waals surface area contributed by atoms with Crippen molar-refractivity contribution in [1.29, 1.82) is 0 Å². The zero-order valence-electron chi connectivity index (χ0n) is 18.3. The standard InChI is InChI=1S/C24H27N5O3S/c30-23(19-20-7-9-22(10-8-20)21-5-2-1-3-6-21)25-13-18-33(31,32)29-16-14-28(15-17-29)24-26-11-4-12-27-24/h1-12H,13-19H2,(H,25,30). The van der Waals surface area contributed by atoms with E-state index in [4.69, 9.17) is 0 Å². The Hall–Kier alpha value is -3.30. The minimum Gasteiger partial charge on any atom is -0.355 e. The van der Waals surface area contributed by atoms with E-state index in [0.29, 0.717) is 32.1 Å². The highest BCUT2D eigenvalue weighted by atomic mass is 32.2. The van der Waals surface area contributed by atoms with Gasteiger partial charge in [-0.25, -0.2) is 18.4 Å². The predicted octanol–water partition coefficient (Wildman–Crippen LogP) is 1.95. The van der Waals surface area contributed by atoms with Crippen molar-refractivity contribution in [3.63, 3.8) is 0 Å². The molecule has 0 radical (unpaired) electrons. The summed E-state index contributed by atoms with van der Waals surface area (Å²) >= 11 is 0. The number of rotatable bonds is 8. The van der Waals surface area contributed by atoms with Gasteiger partial charge in [-0.05, 0) is 22.8 Å². The van der Waals surface area contributed by atoms with Crippen LogP contribution in [-0.2, 0) is 21.2 Å². The number of nitrogens with one attached hydrogen (secondary N) is 1. The molecule has 8 nitrogen and oxygen atoms in total. The van der Waals surface area contributed by atoms with Crippen LogP contribution in [0.1, 0.15) is 5.56 Å². The Morgan fingerprint density at radius 1 is 0.848 bits per heavy atom. The van der Waals surface area contributed by atoms with E-state index in [1.54, 1.807) is 18.5 Å². The van der Waals surface area contributed by atoms with Gasteiger partial charge in [0.15, 0.2) is 0 Å². The van der Waals surface area contributed by atoms with Gasteiger partial charge in [-0.3, -0.25) is 4.79 Å². The van der Waals surface area contributed by atoms with Gasteiger partial charge in [0, 0.05) is 45.1 Å². The third kappa shape index (κ3) is 6.15. The number of benzene rings is 2. The smallest absolute Gasteiger partial charge is 0.225 e. The summed E-state index contributed by atoms with van der Waals surface area (Å²) in [6.07, 6.45) is 3.56. The van der Waals surface area contributed by atoms with E-state index in [-0.39, 0.29) is 24.6 Å². The molecule has 4 rings (SSSR count). The number of piperazine rings is 1. The Morgan fingerprint density at radius 2 is 1.48 bits per heavy atom. The van der Waals surface area contributed by atoms with Gasteiger partial charge in [0.1, 0.15) is 0 Å². The summed E-state index contributed by atoms with van der Waals surface area (Å²) < 4.78 is 26.8. The van der Waals surface area contributed by atoms with E-state index in [9.17, 15) is 13.2 Å². The lowest BCUT2D eigenvalue weighted by Crippen LogP contribution is -2.50. The normalized spacial score (nSPS) is 14.7. The maximum Gasteiger partial charge on any atom is 0.225 e. The Kier molecular flexibility index (Phi) is 7.31. The Labute approximate surface area is 194 Å². The van der Waals surface area contributed by atoms with Crippen molar-refractivity contribution in [2.45, 2.75) is 6.42 Å². The maximum atomic E-state index is 12.7. The molecule has 0 bridgehead atoms. The van der Waals surface area contributed by atoms with Crippen molar-refractivity contribution in [2.75, 3.05) is 43.4 Å². The molecule has 9 heteroatoms. The first-order chi connectivity index (χ1) is 16.0. The summed E-state index contributed by atoms with van der Waals surface area (Å²) in [5, 5.41) is 2.73. The Morgan fingerprint density at radius 3 is 2.15 bits per heavy atom. The first-order valence-electron chi connectivity index (χ1n) is 10.9. The van der Waals surface area contributed by atoms with Crippen molar-refractivity contribution in [1.82, 2.24) is 19.6 Å². The zero-order chi connectivity index (χ0) is 23.1. The second-order valence-electron chi connectivity index (χ2n) is 7.84. The quantitative estimate of drug-likeness (QED) is 0.546. The van der Waals surface area contributed by atoms with Gasteiger partial charge in [0.05, 0.1) is 12.2 Å². The number of aromatic nitrogens is 2. The molecule has 0 unspecified atom stereocenters. The number of anilines is 1. The lowest BCUT2D eigenvalue weighted by atomic mass is 10.0. The third-order valence-corrected chi connectivity index (χ3v) is 7.45. The van der Waals surface area contributed by atoms with Gasteiger partial charge in [-0.15, -0.1) is 0 Å². The van der Waals surface area contributed by atoms with Crippen LogP contribution in [0.3, 0.4) is 0 Å². The highest BCUT2D eigenvalue weighted by molar-refractivity contribution is 7.89. The lowest BCUT2D eigenvalue weighted by molar-refractivity contribution is -0.120. The van der Waals surface area contributed by atoms with E-state index >= 15 is 0 Å². The van der Waals surface area contributed by atoms with Crippen molar-refractivity contribution >= 4 is 21.9 Å². The fourth-order valence-corrected chi connectivity index (χ4v) is 5.10. The number of sulfonamides is 1. The highest BCUT2D eigenvalue weighted by Gasteiger charge is 2.27. The average molecular weight is 466 g/mol. The molecular weight excluding hydrogens is 438 g/mol. The van der Waals surface area contributed by atoms with E-state index in [1.165, 1.54) is 4.31 Å². The van der Waals surface area contributed by atoms with Gasteiger partial charge < -0.3 is 10.2 Å². The predicted molar refractivity (Wildman–Crippen MR) is 128 cm³/mol. The molecule has 1 aromatic heterocycles. The fraction of sp³-hybridized carbons (Fsp3) is 0.292. The number of hydrogen-bond donors (Lipinski definition) is 1. The maximum absolute atomic E-state index is 12.7. The molecule has 1 aliphatic rings. The molecule has 0 spiro atoms. The molecule has 2 heterocycles. The van der Waals surface area contributed by atoms with Crippen LogP contribution in [-0.4, -0.2) is 67.1 Å². The van der Waals surface area contributed by atoms with Crippen molar-refractivity contribution in [3.05, 3.63) is 78.6 Å². The summed E-state index contributed by atoms with van der Waals surface area (Å²) in [5.74, 6) is 0.301. The van der Waals surface area contributed by atoms with E-state index in [0.717, 1.165) is 16.7 Å². The minimum atomic E-state index is -3.44. The van der Waals surface area contributed by atoms with Crippen LogP contribution in [0, 0.1) is 0 Å². The summed E-state index contributed by atoms with van der Waals surface area (Å²) in [6, 6.07) is 19.6. The number of carbonyl (C=O) groups is 1. The number of hydrogen-bond acceptors (Lipinski definition) is 6. The van der Waals surface area contributed by atoms with Crippen LogP contribution < -0.4 is 10.2 Å². The van der Waals surface area contributed by atoms with Crippen LogP contribution in [0.5, 0.6) is 0 Å². The van der Waals surface area contributed by atoms with Crippen LogP contribution in [0.2, 0.25) is 0 Å². The van der Waals surface area contributed by atoms with E-state index < -0.39 is 10.0 Å². The van der Waals surface area contributed by atoms with E-state index in [1.807, 2.05) is 59.5 Å². The Balaban J connectivity index is 1.21. The van der Waals surface area contributed by atoms with Crippen molar-refractivity contribution in [2.24, 2.45) is 0 Å². The van der Waals surface area contributed by atoms with E-state index in [2.05, 4.69) is 15.3 Å². The zero-order valence-corrected chi connectivity index (χ0v) is 19.1. The lowest BCUT2D eigenvalue weighted by Gasteiger charge is -2.33. The molecule has 172 valence electrons. The molecule has 1 amide bonds. The molecule has 1 fully saturated rings. The van der Waals surface area contributed by atoms with Gasteiger partial charge in [-0.2, -0.15) is 4.31 Å². The SMILES string of the molecule is O=C(Cc1ccc(-c2ccccc2)cc1)NCCS(=O)(=O)N1CCN(c2ncccn2)CC1. The van der Waals surface area contributed by atoms with Crippen molar-refractivity contribution < 1.29 is 13.2 Å². The molecule has 0 atom stereocenters. The summed E-state index contributed by atoms with van der Waals surface area (Å²) in [5.41, 5.74) is 3.09. The summed E-state index contributed by atoms with van der Waals surface area (Å²) in [7, 11) is -3.44. The summed E-state index contributed by atoms with van der Waals surface area (Å²) in [4.78, 5) is 22.7. The molecule has 1 aliphatic heterocycles. The first kappa shape index (κ1) is 22.9. The molecule has 0 aliphatic carbocycles. The third-order valence-electron chi connectivity index (χ3n) is 5.57. The summed E-state index contributed by atoms with van der Waals surface area (Å²) in [6.45, 7) is 1.92. The van der Waals surface area contributed by atoms with Gasteiger partial charge in [0.25, 0.3) is 0 Å². The molecule has 33 heavy (non-hydrogen) atoms. The number of amides is 1. The molecule has 2 aromatic carbocycles. The molecular formula is C24H27N5O3S.